The summed E-state index contributed by atoms with van der Waals surface area (Å²) in [5.41, 5.74) is 0.836. The first-order chi connectivity index (χ1) is 7.10. The second kappa shape index (κ2) is 5.77. The van der Waals surface area contributed by atoms with Gasteiger partial charge in [-0.25, -0.2) is 9.97 Å². The zero-order valence-corrected chi connectivity index (χ0v) is 11.4. The van der Waals surface area contributed by atoms with Crippen molar-refractivity contribution in [3.05, 3.63) is 21.1 Å². The lowest BCUT2D eigenvalue weighted by Gasteiger charge is -2.14. The summed E-state index contributed by atoms with van der Waals surface area (Å²) in [6.07, 6.45) is 0.768. The molecule has 0 fully saturated rings. The summed E-state index contributed by atoms with van der Waals surface area (Å²) in [6.45, 7) is 6.53. The molecule has 0 radical (unpaired) electrons. The molecule has 0 aromatic carbocycles. The fourth-order valence-corrected chi connectivity index (χ4v) is 1.67. The van der Waals surface area contributed by atoms with E-state index in [9.17, 15) is 0 Å². The second-order valence-electron chi connectivity index (χ2n) is 3.12. The molecule has 5 heteroatoms. The van der Waals surface area contributed by atoms with Gasteiger partial charge >= 0.3 is 0 Å². The molecular weight excluding hydrogens is 279 g/mol. The minimum atomic E-state index is -0.0701. The monoisotopic (exact) mass is 292 g/mol. The summed E-state index contributed by atoms with van der Waals surface area (Å²) >= 11 is 9.29. The highest BCUT2D eigenvalue weighted by molar-refractivity contribution is 9.10. The largest absolute Gasteiger partial charge is 0.371 e. The maximum Gasteiger partial charge on any atom is 0.159 e. The fraction of sp³-hybridized carbons (Fsp3) is 0.600. The van der Waals surface area contributed by atoms with Crippen LogP contribution in [0.5, 0.6) is 0 Å². The predicted molar refractivity (Wildman–Crippen MR) is 64.1 cm³/mol. The Hall–Kier alpha value is -0.190. The van der Waals surface area contributed by atoms with E-state index in [1.807, 2.05) is 20.8 Å². The van der Waals surface area contributed by atoms with E-state index in [1.165, 1.54) is 0 Å². The van der Waals surface area contributed by atoms with Crippen LogP contribution in [0, 0.1) is 6.92 Å². The van der Waals surface area contributed by atoms with Crippen molar-refractivity contribution >= 4 is 27.5 Å². The summed E-state index contributed by atoms with van der Waals surface area (Å²) < 4.78 is 6.28. The maximum atomic E-state index is 5.97. The van der Waals surface area contributed by atoms with E-state index in [-0.39, 0.29) is 6.10 Å². The number of nitrogens with zero attached hydrogens (tertiary/aromatic N) is 2. The minimum absolute atomic E-state index is 0.0701. The smallest absolute Gasteiger partial charge is 0.159 e. The minimum Gasteiger partial charge on any atom is -0.371 e. The highest BCUT2D eigenvalue weighted by Gasteiger charge is 2.15. The Kier molecular flexibility index (Phi) is 4.96. The lowest BCUT2D eigenvalue weighted by atomic mass is 10.2. The van der Waals surface area contributed by atoms with Crippen LogP contribution in [0.2, 0.25) is 5.15 Å². The average Bonchev–Trinajstić information content (AvgIpc) is 2.22. The van der Waals surface area contributed by atoms with E-state index >= 15 is 0 Å². The van der Waals surface area contributed by atoms with Gasteiger partial charge in [-0.1, -0.05) is 18.5 Å². The molecule has 1 rings (SSSR count). The van der Waals surface area contributed by atoms with E-state index in [0.29, 0.717) is 17.6 Å². The number of aromatic nitrogens is 2. The van der Waals surface area contributed by atoms with Crippen LogP contribution in [0.25, 0.3) is 0 Å². The molecule has 0 saturated heterocycles. The van der Waals surface area contributed by atoms with Crippen LogP contribution in [0.4, 0.5) is 0 Å². The van der Waals surface area contributed by atoms with Crippen molar-refractivity contribution in [3.63, 3.8) is 0 Å². The van der Waals surface area contributed by atoms with Gasteiger partial charge in [0, 0.05) is 6.61 Å². The van der Waals surface area contributed by atoms with Crippen molar-refractivity contribution in [2.45, 2.75) is 33.3 Å². The Morgan fingerprint density at radius 2 is 2.07 bits per heavy atom. The highest BCUT2D eigenvalue weighted by Crippen LogP contribution is 2.26. The first-order valence-corrected chi connectivity index (χ1v) is 6.08. The van der Waals surface area contributed by atoms with Gasteiger partial charge in [0.25, 0.3) is 0 Å². The lowest BCUT2D eigenvalue weighted by molar-refractivity contribution is 0.0533. The van der Waals surface area contributed by atoms with E-state index in [1.54, 1.807) is 0 Å². The molecule has 3 nitrogen and oxygen atoms in total. The molecule has 0 aliphatic heterocycles. The van der Waals surface area contributed by atoms with Crippen LogP contribution < -0.4 is 0 Å². The van der Waals surface area contributed by atoms with Gasteiger partial charge in [0.2, 0.25) is 0 Å². The number of ether oxygens (including phenoxy) is 1. The molecular formula is C10H14BrClN2O. The van der Waals surface area contributed by atoms with Gasteiger partial charge in [-0.15, -0.1) is 0 Å². The third kappa shape index (κ3) is 3.13. The van der Waals surface area contributed by atoms with Crippen molar-refractivity contribution in [1.82, 2.24) is 9.97 Å². The summed E-state index contributed by atoms with van der Waals surface area (Å²) in [7, 11) is 0. The van der Waals surface area contributed by atoms with E-state index in [2.05, 4.69) is 25.9 Å². The number of hydrogen-bond donors (Lipinski definition) is 0. The highest BCUT2D eigenvalue weighted by atomic mass is 79.9. The third-order valence-corrected chi connectivity index (χ3v) is 3.47. The predicted octanol–water partition coefficient (Wildman–Crippen LogP) is 3.69. The molecule has 1 aromatic rings. The number of aryl methyl sites for hydroxylation is 1. The van der Waals surface area contributed by atoms with Crippen molar-refractivity contribution < 1.29 is 4.74 Å². The van der Waals surface area contributed by atoms with E-state index < -0.39 is 0 Å². The van der Waals surface area contributed by atoms with Crippen molar-refractivity contribution in [1.29, 1.82) is 0 Å². The molecule has 0 N–H and O–H groups in total. The fourth-order valence-electron chi connectivity index (χ4n) is 1.26. The van der Waals surface area contributed by atoms with Gasteiger partial charge in [-0.05, 0) is 36.2 Å². The summed E-state index contributed by atoms with van der Waals surface area (Å²) in [5, 5.41) is 0.440. The topological polar surface area (TPSA) is 35.0 Å². The molecule has 1 unspecified atom stereocenters. The zero-order valence-electron chi connectivity index (χ0n) is 9.05. The third-order valence-electron chi connectivity index (χ3n) is 2.02. The number of rotatable bonds is 4. The second-order valence-corrected chi connectivity index (χ2v) is 4.28. The van der Waals surface area contributed by atoms with Gasteiger partial charge in [0.15, 0.2) is 5.82 Å². The molecule has 0 aliphatic rings. The number of hydrogen-bond acceptors (Lipinski definition) is 3. The lowest BCUT2D eigenvalue weighted by Crippen LogP contribution is -2.09. The average molecular weight is 294 g/mol. The van der Waals surface area contributed by atoms with Crippen LogP contribution in [-0.4, -0.2) is 16.6 Å². The molecule has 1 heterocycles. The van der Waals surface area contributed by atoms with Crippen LogP contribution in [0.1, 0.15) is 37.9 Å². The quantitative estimate of drug-likeness (QED) is 0.794. The molecule has 1 aromatic heterocycles. The van der Waals surface area contributed by atoms with Crippen LogP contribution in [-0.2, 0) is 4.74 Å². The van der Waals surface area contributed by atoms with Crippen molar-refractivity contribution in [3.8, 4) is 0 Å². The molecule has 15 heavy (non-hydrogen) atoms. The Bertz CT molecular complexity index is 323. The Morgan fingerprint density at radius 3 is 2.53 bits per heavy atom. The van der Waals surface area contributed by atoms with Gasteiger partial charge in [-0.2, -0.15) is 0 Å². The van der Waals surface area contributed by atoms with Crippen molar-refractivity contribution in [2.75, 3.05) is 6.61 Å². The molecule has 0 spiro atoms. The summed E-state index contributed by atoms with van der Waals surface area (Å²) in [5.74, 6) is 0.657. The maximum absolute atomic E-state index is 5.97. The van der Waals surface area contributed by atoms with E-state index in [0.717, 1.165) is 16.6 Å². The molecule has 0 bridgehead atoms. The molecule has 0 saturated carbocycles. The normalized spacial score (nSPS) is 12.9. The molecule has 0 amide bonds. The molecule has 0 aliphatic carbocycles. The summed E-state index contributed by atoms with van der Waals surface area (Å²) in [4.78, 5) is 8.56. The van der Waals surface area contributed by atoms with Gasteiger partial charge in [-0.3, -0.25) is 0 Å². The van der Waals surface area contributed by atoms with Crippen LogP contribution in [0.15, 0.2) is 4.47 Å². The summed E-state index contributed by atoms with van der Waals surface area (Å²) in [6, 6.07) is 0. The Balaban J connectivity index is 3.03. The van der Waals surface area contributed by atoms with Gasteiger partial charge in [0.1, 0.15) is 11.3 Å². The molecule has 1 atom stereocenters. The van der Waals surface area contributed by atoms with Gasteiger partial charge in [0.05, 0.1) is 10.2 Å². The first kappa shape index (κ1) is 12.9. The number of halogens is 2. The SMILES string of the molecule is CCOC(CC)c1nc(C)c(Br)c(Cl)n1. The van der Waals surface area contributed by atoms with Crippen LogP contribution >= 0.6 is 27.5 Å². The van der Waals surface area contributed by atoms with E-state index in [4.69, 9.17) is 16.3 Å². The molecule has 84 valence electrons. The van der Waals surface area contributed by atoms with Gasteiger partial charge < -0.3 is 4.74 Å². The Labute approximate surface area is 103 Å². The Morgan fingerprint density at radius 1 is 1.40 bits per heavy atom. The van der Waals surface area contributed by atoms with Crippen molar-refractivity contribution in [2.24, 2.45) is 0 Å². The zero-order chi connectivity index (χ0) is 11.4. The van der Waals surface area contributed by atoms with Crippen LogP contribution in [0.3, 0.4) is 0 Å². The first-order valence-electron chi connectivity index (χ1n) is 4.91. The standard InChI is InChI=1S/C10H14BrClN2O/c1-4-7(15-5-2)10-13-6(3)8(11)9(12)14-10/h7H,4-5H2,1-3H3.